The number of carbonyl (C=O) groups is 2. The number of anilines is 1. The van der Waals surface area contributed by atoms with Gasteiger partial charge in [-0.25, -0.2) is 4.90 Å². The summed E-state index contributed by atoms with van der Waals surface area (Å²) in [6.07, 6.45) is 1.98. The van der Waals surface area contributed by atoms with Crippen LogP contribution in [0.25, 0.3) is 0 Å². The van der Waals surface area contributed by atoms with Gasteiger partial charge >= 0.3 is 50.8 Å². The van der Waals surface area contributed by atoms with E-state index in [1.807, 2.05) is 37.3 Å². The molecule has 147 valence electrons. The van der Waals surface area contributed by atoms with E-state index < -0.39 is 0 Å². The molecule has 2 aromatic rings. The van der Waals surface area contributed by atoms with Crippen molar-refractivity contribution in [3.63, 3.8) is 0 Å². The fourth-order valence-corrected chi connectivity index (χ4v) is 2.97. The van der Waals surface area contributed by atoms with Gasteiger partial charge in [0, 0.05) is 29.9 Å². The molecule has 0 saturated carbocycles. The van der Waals surface area contributed by atoms with Gasteiger partial charge in [-0.2, -0.15) is 0 Å². The van der Waals surface area contributed by atoms with Gasteiger partial charge in [0.05, 0.1) is 18.9 Å². The molecule has 0 spiro atoms. The first-order valence-electron chi connectivity index (χ1n) is 8.78. The van der Waals surface area contributed by atoms with E-state index in [-0.39, 0.29) is 5.91 Å². The summed E-state index contributed by atoms with van der Waals surface area (Å²) in [7, 11) is 0. The molecule has 0 unspecified atom stereocenters. The van der Waals surface area contributed by atoms with Crippen molar-refractivity contribution in [1.29, 1.82) is 0 Å². The first-order chi connectivity index (χ1) is 13.5. The molecule has 1 aliphatic heterocycles. The Morgan fingerprint density at radius 3 is 2.21 bits per heavy atom. The van der Waals surface area contributed by atoms with Crippen molar-refractivity contribution < 1.29 is 14.3 Å². The molecule has 1 aliphatic rings. The number of hydrogen-bond donors (Lipinski definition) is 0. The number of nitrogens with zero attached hydrogens (tertiary/aromatic N) is 2. The van der Waals surface area contributed by atoms with Gasteiger partial charge in [-0.1, -0.05) is 11.6 Å². The van der Waals surface area contributed by atoms with E-state index in [0.29, 0.717) is 30.3 Å². The van der Waals surface area contributed by atoms with Crippen molar-refractivity contribution in [2.45, 2.75) is 6.92 Å². The van der Waals surface area contributed by atoms with Gasteiger partial charge < -0.3 is 9.64 Å². The van der Waals surface area contributed by atoms with Crippen molar-refractivity contribution in [3.05, 3.63) is 71.4 Å². The summed E-state index contributed by atoms with van der Waals surface area (Å²) < 4.78 is 6.47. The van der Waals surface area contributed by atoms with Crippen LogP contribution < -0.4 is 9.36 Å². The third kappa shape index (κ3) is 7.13. The predicted molar refractivity (Wildman–Crippen MR) is 113 cm³/mol. The maximum absolute atomic E-state index is 12.2. The summed E-state index contributed by atoms with van der Waals surface area (Å²) in [5, 5.41) is 0.553. The van der Waals surface area contributed by atoms with Gasteiger partial charge in [0.25, 0.3) is 5.91 Å². The maximum atomic E-state index is 12.2. The average molecular weight is 465 g/mol. The summed E-state index contributed by atoms with van der Waals surface area (Å²) in [6, 6.07) is 16.6. The van der Waals surface area contributed by atoms with Crippen LogP contribution in [0.2, 0.25) is 5.02 Å². The minimum absolute atomic E-state index is 0.378. The number of rotatable bonds is 4. The van der Waals surface area contributed by atoms with Gasteiger partial charge in [0.2, 0.25) is 6.41 Å². The second-order valence-corrected chi connectivity index (χ2v) is 7.41. The molecular formula is C21H22ClN2O3Se. The van der Waals surface area contributed by atoms with Crippen LogP contribution in [0.3, 0.4) is 0 Å². The predicted octanol–water partition coefficient (Wildman–Crippen LogP) is 2.55. The van der Waals surface area contributed by atoms with E-state index in [9.17, 15) is 9.59 Å². The van der Waals surface area contributed by atoms with Gasteiger partial charge in [0.15, 0.2) is 0 Å². The third-order valence-corrected chi connectivity index (χ3v) is 4.86. The van der Waals surface area contributed by atoms with Gasteiger partial charge in [-0.3, -0.25) is 9.59 Å². The fourth-order valence-electron chi connectivity index (χ4n) is 2.52. The number of carbonyl (C=O) groups excluding carboxylic acids is 2. The molecule has 0 aromatic heterocycles. The molecule has 0 N–H and O–H groups in total. The molecule has 2 amide bonds. The van der Waals surface area contributed by atoms with E-state index in [0.717, 1.165) is 23.7 Å². The molecule has 1 saturated heterocycles. The third-order valence-electron chi connectivity index (χ3n) is 4.03. The van der Waals surface area contributed by atoms with Crippen molar-refractivity contribution in [1.82, 2.24) is 4.90 Å². The normalized spacial score (nSPS) is 13.9. The molecule has 0 atom stereocenters. The first kappa shape index (κ1) is 22.2. The van der Waals surface area contributed by atoms with Gasteiger partial charge in [-0.05, 0) is 31.2 Å². The van der Waals surface area contributed by atoms with E-state index in [1.54, 1.807) is 24.3 Å². The van der Waals surface area contributed by atoms with Crippen molar-refractivity contribution in [3.8, 4) is 0 Å². The number of benzene rings is 2. The quantitative estimate of drug-likeness (QED) is 0.396. The zero-order valence-electron chi connectivity index (χ0n) is 15.6. The van der Waals surface area contributed by atoms with E-state index in [1.165, 1.54) is 10.5 Å². The summed E-state index contributed by atoms with van der Waals surface area (Å²) >= 11 is 8.70. The van der Waals surface area contributed by atoms with Crippen molar-refractivity contribution >= 4 is 50.1 Å². The number of hydrogen-bond acceptors (Lipinski definition) is 4. The van der Waals surface area contributed by atoms with E-state index in [4.69, 9.17) is 16.3 Å². The summed E-state index contributed by atoms with van der Waals surface area (Å²) in [4.78, 5) is 26.6. The van der Waals surface area contributed by atoms with Crippen LogP contribution >= 0.6 is 11.6 Å². The van der Waals surface area contributed by atoms with Crippen molar-refractivity contribution in [2.24, 2.45) is 0 Å². The monoisotopic (exact) mass is 465 g/mol. The standard InChI is InChI=1S/C15H17ClN2O3.C6H5Se/c1-12(17-6-8-21-9-7-17)10-15(20)18(11-19)14-4-2-13(16)3-5-14;7-6-4-2-1-3-5-6/h2-5,10-11H,6-9H2,1H3;1-5H/b12-10+;. The molecule has 1 heterocycles. The average Bonchev–Trinajstić information content (AvgIpc) is 2.71. The number of imide groups is 1. The summed E-state index contributed by atoms with van der Waals surface area (Å²) in [5.74, 6) is -0.378. The molecule has 3 rings (SSSR count). The van der Waals surface area contributed by atoms with Gasteiger partial charge in [0.1, 0.15) is 0 Å². The Labute approximate surface area is 178 Å². The Morgan fingerprint density at radius 1 is 1.11 bits per heavy atom. The number of amides is 2. The van der Waals surface area contributed by atoms with E-state index in [2.05, 4.69) is 20.9 Å². The second kappa shape index (κ2) is 11.7. The fraction of sp³-hybridized carbons (Fsp3) is 0.238. The Hall–Kier alpha value is -2.11. The summed E-state index contributed by atoms with van der Waals surface area (Å²) in [5.41, 5.74) is 1.31. The Kier molecular flexibility index (Phi) is 9.24. The molecule has 2 aromatic carbocycles. The van der Waals surface area contributed by atoms with Crippen LogP contribution in [0.15, 0.2) is 66.4 Å². The molecule has 0 aliphatic carbocycles. The Morgan fingerprint density at radius 2 is 1.71 bits per heavy atom. The number of morpholine rings is 1. The zero-order chi connectivity index (χ0) is 20.4. The summed E-state index contributed by atoms with van der Waals surface area (Å²) in [6.45, 7) is 4.64. The Balaban J connectivity index is 0.000000336. The Bertz CT molecular complexity index is 791. The van der Waals surface area contributed by atoms with Crippen LogP contribution in [-0.2, 0) is 14.3 Å². The van der Waals surface area contributed by atoms with Crippen molar-refractivity contribution in [2.75, 3.05) is 31.2 Å². The SMILES string of the molecule is C/C(=C\C(=O)N(C=O)c1ccc(Cl)cc1)N1CCOCC1.[Se]c1ccccc1. The second-order valence-electron chi connectivity index (χ2n) is 5.99. The van der Waals surface area contributed by atoms with E-state index >= 15 is 0 Å². The molecule has 0 bridgehead atoms. The number of ether oxygens (including phenoxy) is 1. The molecule has 7 heteroatoms. The number of halogens is 1. The zero-order valence-corrected chi connectivity index (χ0v) is 18.1. The molecule has 1 fully saturated rings. The van der Waals surface area contributed by atoms with Crippen LogP contribution in [0, 0.1) is 0 Å². The van der Waals surface area contributed by atoms with Crippen LogP contribution in [0.4, 0.5) is 5.69 Å². The van der Waals surface area contributed by atoms with Crippen LogP contribution in [0.1, 0.15) is 6.92 Å². The minimum atomic E-state index is -0.378. The van der Waals surface area contributed by atoms with Crippen LogP contribution in [-0.4, -0.2) is 59.5 Å². The first-order valence-corrected chi connectivity index (χ1v) is 10.0. The molecule has 5 nitrogen and oxygen atoms in total. The topological polar surface area (TPSA) is 49.9 Å². The number of allylic oxidation sites excluding steroid dienone is 1. The van der Waals surface area contributed by atoms with Crippen LogP contribution in [0.5, 0.6) is 0 Å². The molecular weight excluding hydrogens is 443 g/mol. The molecule has 28 heavy (non-hydrogen) atoms. The molecule has 1 radical (unpaired) electrons. The van der Waals surface area contributed by atoms with Gasteiger partial charge in [-0.15, -0.1) is 0 Å².